The number of hydrogen-bond donors (Lipinski definition) is 3. The van der Waals surface area contributed by atoms with Crippen LogP contribution in [0.25, 0.3) is 10.2 Å². The van der Waals surface area contributed by atoms with E-state index in [1.807, 2.05) is 67.2 Å². The predicted octanol–water partition coefficient (Wildman–Crippen LogP) is 4.69. The molecular weight excluding hydrogens is 611 g/mol. The van der Waals surface area contributed by atoms with Gasteiger partial charge in [-0.3, -0.25) is 19.7 Å². The number of aryl methyl sites for hydroxylation is 1. The Kier molecular flexibility index (Phi) is 10.1. The van der Waals surface area contributed by atoms with Gasteiger partial charge in [-0.05, 0) is 62.9 Å². The average Bonchev–Trinajstić information content (AvgIpc) is 3.68. The number of alkyl carbamates (subject to hydrolysis) is 1. The van der Waals surface area contributed by atoms with E-state index in [0.717, 1.165) is 46.2 Å². The van der Waals surface area contributed by atoms with E-state index in [0.29, 0.717) is 42.8 Å². The number of thiazole rings is 1. The van der Waals surface area contributed by atoms with Crippen LogP contribution in [0.3, 0.4) is 0 Å². The number of hydrogen-bond acceptors (Lipinski definition) is 10. The quantitative estimate of drug-likeness (QED) is 0.200. The molecule has 0 bridgehead atoms. The second-order valence-corrected chi connectivity index (χ2v) is 14.3. The highest BCUT2D eigenvalue weighted by Crippen LogP contribution is 2.29. The fourth-order valence-corrected chi connectivity index (χ4v) is 7.03. The Bertz CT molecular complexity index is 1580. The molecule has 5 rings (SSSR count). The van der Waals surface area contributed by atoms with Crippen LogP contribution in [-0.2, 0) is 33.5 Å². The van der Waals surface area contributed by atoms with Gasteiger partial charge in [-0.2, -0.15) is 5.10 Å². The zero-order valence-corrected chi connectivity index (χ0v) is 26.7. The van der Waals surface area contributed by atoms with Crippen LogP contribution >= 0.6 is 22.7 Å². The van der Waals surface area contributed by atoms with Crippen molar-refractivity contribution in [1.82, 2.24) is 25.0 Å². The number of nitrogens with zero attached hydrogens (tertiary/aromatic N) is 4. The first-order valence-electron chi connectivity index (χ1n) is 13.9. The molecule has 0 saturated carbocycles. The lowest BCUT2D eigenvalue weighted by Gasteiger charge is -2.20. The molecule has 0 spiro atoms. The summed E-state index contributed by atoms with van der Waals surface area (Å²) in [6.45, 7) is 9.77. The summed E-state index contributed by atoms with van der Waals surface area (Å²) in [7, 11) is -1.34. The number of rotatable bonds is 11. The van der Waals surface area contributed by atoms with Crippen molar-refractivity contribution in [2.75, 3.05) is 42.9 Å². The van der Waals surface area contributed by atoms with Gasteiger partial charge in [0.25, 0.3) is 5.91 Å². The molecule has 3 aromatic heterocycles. The Morgan fingerprint density at radius 3 is 2.79 bits per heavy atom. The minimum absolute atomic E-state index is 0.316. The Balaban J connectivity index is 1.10. The second-order valence-electron chi connectivity index (χ2n) is 10.9. The van der Waals surface area contributed by atoms with Crippen molar-refractivity contribution in [3.05, 3.63) is 53.2 Å². The Morgan fingerprint density at radius 2 is 2.00 bits per heavy atom. The van der Waals surface area contributed by atoms with Crippen molar-refractivity contribution in [2.45, 2.75) is 50.1 Å². The van der Waals surface area contributed by atoms with Gasteiger partial charge >= 0.3 is 6.09 Å². The highest BCUT2D eigenvalue weighted by molar-refractivity contribution is 7.88. The van der Waals surface area contributed by atoms with Crippen molar-refractivity contribution in [3.63, 3.8) is 0 Å². The van der Waals surface area contributed by atoms with Crippen LogP contribution in [0.4, 0.5) is 15.6 Å². The average molecular weight is 646 g/mol. The topological polar surface area (TPSA) is 140 Å². The van der Waals surface area contributed by atoms with Gasteiger partial charge in [0, 0.05) is 38.4 Å². The Morgan fingerprint density at radius 1 is 1.14 bits per heavy atom. The summed E-state index contributed by atoms with van der Waals surface area (Å²) >= 11 is 2.78. The van der Waals surface area contributed by atoms with Gasteiger partial charge in [0.1, 0.15) is 9.81 Å². The number of benzene rings is 1. The molecule has 1 unspecified atom stereocenters. The summed E-state index contributed by atoms with van der Waals surface area (Å²) in [5.41, 5.74) is 2.23. The molecule has 2 amide bonds. The predicted molar refractivity (Wildman–Crippen MR) is 169 cm³/mol. The minimum atomic E-state index is -1.34. The highest BCUT2D eigenvalue weighted by atomic mass is 32.2. The molecule has 1 aromatic carbocycles. The molecule has 0 radical (unpaired) electrons. The van der Waals surface area contributed by atoms with Gasteiger partial charge in [0.15, 0.2) is 21.8 Å². The molecule has 0 fully saturated rings. The number of nitrogens with one attached hydrogen (secondary N) is 3. The minimum Gasteiger partial charge on any atom is -0.444 e. The third-order valence-corrected chi connectivity index (χ3v) is 9.55. The first-order chi connectivity index (χ1) is 20.6. The number of aromatic nitrogens is 3. The van der Waals surface area contributed by atoms with E-state index in [-0.39, 0.29) is 5.91 Å². The lowest BCUT2D eigenvalue weighted by atomic mass is 10.2. The normalized spacial score (nSPS) is 14.6. The van der Waals surface area contributed by atoms with E-state index in [4.69, 9.17) is 9.47 Å². The number of amides is 2. The SMILES string of the molecule is CC(C)(C)OC(=O)NCCOCCN1CCCn2nc(C(=O)Nc3nc4ccc(NS(=O)c5cccs5)cc4s3)cc2C1. The summed E-state index contributed by atoms with van der Waals surface area (Å²) in [6.07, 6.45) is 0.451. The number of ether oxygens (including phenoxy) is 2. The van der Waals surface area contributed by atoms with Crippen molar-refractivity contribution < 1.29 is 23.3 Å². The number of fused-ring (bicyclic) bond motifs is 2. The molecule has 43 heavy (non-hydrogen) atoms. The molecule has 1 aliphatic rings. The van der Waals surface area contributed by atoms with Crippen LogP contribution in [0.5, 0.6) is 0 Å². The van der Waals surface area contributed by atoms with Crippen molar-refractivity contribution in [2.24, 2.45) is 0 Å². The third kappa shape index (κ3) is 8.83. The number of carbonyl (C=O) groups excluding carboxylic acids is 2. The summed E-state index contributed by atoms with van der Waals surface area (Å²) in [4.78, 5) is 31.6. The van der Waals surface area contributed by atoms with Crippen molar-refractivity contribution in [3.8, 4) is 0 Å². The van der Waals surface area contributed by atoms with Crippen molar-refractivity contribution >= 4 is 66.7 Å². The lowest BCUT2D eigenvalue weighted by Crippen LogP contribution is -2.34. The molecular formula is C28H35N7O5S3. The Hall–Kier alpha value is -3.37. The fourth-order valence-electron chi connectivity index (χ4n) is 4.39. The zero-order valence-electron chi connectivity index (χ0n) is 24.3. The molecule has 4 heterocycles. The molecule has 1 atom stereocenters. The van der Waals surface area contributed by atoms with Crippen LogP contribution in [0, 0.1) is 0 Å². The summed E-state index contributed by atoms with van der Waals surface area (Å²) in [5.74, 6) is -0.316. The monoisotopic (exact) mass is 645 g/mol. The van der Waals surface area contributed by atoms with E-state index >= 15 is 0 Å². The van der Waals surface area contributed by atoms with Gasteiger partial charge in [0.05, 0.1) is 29.1 Å². The molecule has 0 saturated heterocycles. The van der Waals surface area contributed by atoms with E-state index in [2.05, 4.69) is 30.3 Å². The van der Waals surface area contributed by atoms with Gasteiger partial charge < -0.3 is 19.5 Å². The van der Waals surface area contributed by atoms with Crippen LogP contribution < -0.4 is 15.4 Å². The zero-order chi connectivity index (χ0) is 30.4. The third-order valence-electron chi connectivity index (χ3n) is 6.29. The summed E-state index contributed by atoms with van der Waals surface area (Å²) in [5, 5.41) is 12.5. The molecule has 4 aromatic rings. The first-order valence-corrected chi connectivity index (χ1v) is 16.7. The lowest BCUT2D eigenvalue weighted by molar-refractivity contribution is 0.0489. The molecule has 0 aliphatic carbocycles. The summed E-state index contributed by atoms with van der Waals surface area (Å²) < 4.78 is 29.9. The molecule has 12 nitrogen and oxygen atoms in total. The van der Waals surface area contributed by atoms with Crippen LogP contribution in [0.1, 0.15) is 43.4 Å². The van der Waals surface area contributed by atoms with E-state index in [9.17, 15) is 13.8 Å². The standard InChI is InChI=1S/C28H35N7O5S3/c1-28(2,3)40-27(37)29-9-13-39-14-12-34-10-5-11-35-20(18-34)17-22(32-35)25(36)31-26-30-21-8-7-19(16-23(21)42-26)33-43(38)24-6-4-15-41-24/h4,6-8,15-17,33H,5,9-14,18H2,1-3H3,(H,29,37)(H,30,31,36). The van der Waals surface area contributed by atoms with E-state index in [1.54, 1.807) is 0 Å². The Labute approximate surface area is 260 Å². The molecule has 15 heteroatoms. The van der Waals surface area contributed by atoms with Crippen LogP contribution in [0.15, 0.2) is 46.0 Å². The highest BCUT2D eigenvalue weighted by Gasteiger charge is 2.21. The van der Waals surface area contributed by atoms with Gasteiger partial charge in [-0.1, -0.05) is 17.4 Å². The van der Waals surface area contributed by atoms with Crippen LogP contribution in [-0.4, -0.2) is 74.3 Å². The fraction of sp³-hybridized carbons (Fsp3) is 0.429. The maximum Gasteiger partial charge on any atom is 0.407 e. The smallest absolute Gasteiger partial charge is 0.407 e. The molecule has 230 valence electrons. The van der Waals surface area contributed by atoms with E-state index < -0.39 is 22.7 Å². The number of thiophene rings is 1. The molecule has 1 aliphatic heterocycles. The first kappa shape index (κ1) is 31.1. The van der Waals surface area contributed by atoms with E-state index in [1.165, 1.54) is 22.7 Å². The molecule has 3 N–H and O–H groups in total. The second kappa shape index (κ2) is 13.9. The van der Waals surface area contributed by atoms with Gasteiger partial charge in [-0.15, -0.1) is 11.3 Å². The largest absolute Gasteiger partial charge is 0.444 e. The van der Waals surface area contributed by atoms with Gasteiger partial charge in [-0.25, -0.2) is 14.0 Å². The van der Waals surface area contributed by atoms with Crippen LogP contribution in [0.2, 0.25) is 0 Å². The van der Waals surface area contributed by atoms with Crippen molar-refractivity contribution in [1.29, 1.82) is 0 Å². The van der Waals surface area contributed by atoms with Gasteiger partial charge in [0.2, 0.25) is 0 Å². The summed E-state index contributed by atoms with van der Waals surface area (Å²) in [6, 6.07) is 11.1. The maximum atomic E-state index is 13.1. The maximum absolute atomic E-state index is 13.1. The number of anilines is 2. The number of carbonyl (C=O) groups is 2.